The Morgan fingerprint density at radius 1 is 1.60 bits per heavy atom. The lowest BCUT2D eigenvalue weighted by Crippen LogP contribution is -2.15. The summed E-state index contributed by atoms with van der Waals surface area (Å²) in [5, 5.41) is 14.4. The summed E-state index contributed by atoms with van der Waals surface area (Å²) in [5.41, 5.74) is 0. The SMILES string of the molecule is CC(CO)CCCNCc1cc(Br)cs1. The molecule has 0 spiro atoms. The third-order valence-electron chi connectivity index (χ3n) is 2.28. The molecule has 1 atom stereocenters. The van der Waals surface area contributed by atoms with E-state index >= 15 is 0 Å². The standard InChI is InChI=1S/C11H18BrNOS/c1-9(7-14)3-2-4-13-6-11-5-10(12)8-15-11/h5,8-9,13-14H,2-4,6-7H2,1H3. The molecule has 0 radical (unpaired) electrons. The number of thiophene rings is 1. The van der Waals surface area contributed by atoms with Crippen LogP contribution in [0.25, 0.3) is 0 Å². The van der Waals surface area contributed by atoms with E-state index in [1.807, 2.05) is 0 Å². The summed E-state index contributed by atoms with van der Waals surface area (Å²) in [6, 6.07) is 2.15. The predicted octanol–water partition coefficient (Wildman–Crippen LogP) is 3.01. The molecule has 1 aromatic heterocycles. The minimum Gasteiger partial charge on any atom is -0.396 e. The highest BCUT2D eigenvalue weighted by Crippen LogP contribution is 2.19. The van der Waals surface area contributed by atoms with E-state index in [-0.39, 0.29) is 0 Å². The summed E-state index contributed by atoms with van der Waals surface area (Å²) in [6.07, 6.45) is 2.23. The first kappa shape index (κ1) is 13.2. The zero-order chi connectivity index (χ0) is 11.1. The Balaban J connectivity index is 2.02. The molecule has 0 aliphatic heterocycles. The van der Waals surface area contributed by atoms with Gasteiger partial charge >= 0.3 is 0 Å². The van der Waals surface area contributed by atoms with E-state index in [0.29, 0.717) is 12.5 Å². The first-order valence-electron chi connectivity index (χ1n) is 5.27. The lowest BCUT2D eigenvalue weighted by Gasteiger charge is -2.07. The Hall–Kier alpha value is 0.1000. The Morgan fingerprint density at radius 2 is 2.40 bits per heavy atom. The average molecular weight is 292 g/mol. The van der Waals surface area contributed by atoms with E-state index in [1.165, 1.54) is 9.35 Å². The number of hydrogen-bond acceptors (Lipinski definition) is 3. The molecule has 1 unspecified atom stereocenters. The molecule has 0 saturated heterocycles. The normalized spacial score (nSPS) is 13.0. The minimum absolute atomic E-state index is 0.303. The Morgan fingerprint density at radius 3 is 3.00 bits per heavy atom. The molecule has 1 rings (SSSR count). The van der Waals surface area contributed by atoms with Gasteiger partial charge < -0.3 is 10.4 Å². The highest BCUT2D eigenvalue weighted by atomic mass is 79.9. The molecule has 0 aliphatic rings. The molecule has 0 amide bonds. The van der Waals surface area contributed by atoms with E-state index in [9.17, 15) is 0 Å². The van der Waals surface area contributed by atoms with Gasteiger partial charge in [0, 0.05) is 27.9 Å². The summed E-state index contributed by atoms with van der Waals surface area (Å²) >= 11 is 5.21. The third-order valence-corrected chi connectivity index (χ3v) is 3.98. The van der Waals surface area contributed by atoms with Gasteiger partial charge in [-0.1, -0.05) is 6.92 Å². The first-order chi connectivity index (χ1) is 7.22. The van der Waals surface area contributed by atoms with Crippen LogP contribution in [-0.2, 0) is 6.54 Å². The molecule has 0 fully saturated rings. The number of aliphatic hydroxyl groups excluding tert-OH is 1. The molecule has 4 heteroatoms. The van der Waals surface area contributed by atoms with Crippen LogP contribution < -0.4 is 5.32 Å². The van der Waals surface area contributed by atoms with E-state index in [0.717, 1.165) is 25.9 Å². The largest absolute Gasteiger partial charge is 0.396 e. The van der Waals surface area contributed by atoms with Crippen LogP contribution >= 0.6 is 27.3 Å². The molecular formula is C11H18BrNOS. The van der Waals surface area contributed by atoms with Gasteiger partial charge in [-0.3, -0.25) is 0 Å². The van der Waals surface area contributed by atoms with Crippen LogP contribution in [0.15, 0.2) is 15.9 Å². The van der Waals surface area contributed by atoms with Gasteiger partial charge in [0.1, 0.15) is 0 Å². The van der Waals surface area contributed by atoms with E-state index < -0.39 is 0 Å². The van der Waals surface area contributed by atoms with Crippen molar-refractivity contribution in [3.8, 4) is 0 Å². The van der Waals surface area contributed by atoms with Gasteiger partial charge in [0.05, 0.1) is 0 Å². The van der Waals surface area contributed by atoms with Crippen LogP contribution in [0.2, 0.25) is 0 Å². The summed E-state index contributed by atoms with van der Waals surface area (Å²) < 4.78 is 1.17. The fraction of sp³-hybridized carbons (Fsp3) is 0.636. The monoisotopic (exact) mass is 291 g/mol. The van der Waals surface area contributed by atoms with Crippen LogP contribution in [0, 0.1) is 5.92 Å². The second kappa shape index (κ2) is 7.39. The Labute approximate surface area is 104 Å². The lowest BCUT2D eigenvalue weighted by molar-refractivity contribution is 0.228. The van der Waals surface area contributed by atoms with Crippen LogP contribution in [0.1, 0.15) is 24.6 Å². The van der Waals surface area contributed by atoms with Gasteiger partial charge in [-0.15, -0.1) is 11.3 Å². The molecule has 0 aromatic carbocycles. The molecule has 15 heavy (non-hydrogen) atoms. The van der Waals surface area contributed by atoms with Gasteiger partial charge in [-0.2, -0.15) is 0 Å². The predicted molar refractivity (Wildman–Crippen MR) is 69.2 cm³/mol. The Bertz CT molecular complexity index is 277. The van der Waals surface area contributed by atoms with Gasteiger partial charge in [0.15, 0.2) is 0 Å². The highest BCUT2D eigenvalue weighted by molar-refractivity contribution is 9.10. The fourth-order valence-electron chi connectivity index (χ4n) is 1.32. The van der Waals surface area contributed by atoms with E-state index in [1.54, 1.807) is 11.3 Å². The summed E-state index contributed by atoms with van der Waals surface area (Å²) in [7, 11) is 0. The number of halogens is 1. The van der Waals surface area contributed by atoms with Crippen molar-refractivity contribution >= 4 is 27.3 Å². The van der Waals surface area contributed by atoms with E-state index in [4.69, 9.17) is 5.11 Å². The number of aliphatic hydroxyl groups is 1. The van der Waals surface area contributed by atoms with Crippen molar-refractivity contribution in [3.05, 3.63) is 20.8 Å². The quantitative estimate of drug-likeness (QED) is 0.757. The van der Waals surface area contributed by atoms with Gasteiger partial charge in [0.25, 0.3) is 0 Å². The van der Waals surface area contributed by atoms with Crippen molar-refractivity contribution in [1.29, 1.82) is 0 Å². The number of nitrogens with one attached hydrogen (secondary N) is 1. The summed E-state index contributed by atoms with van der Waals surface area (Å²) in [5.74, 6) is 0.433. The average Bonchev–Trinajstić information content (AvgIpc) is 2.63. The molecule has 1 aromatic rings. The van der Waals surface area contributed by atoms with Crippen LogP contribution in [0.4, 0.5) is 0 Å². The van der Waals surface area contributed by atoms with Crippen LogP contribution in [0.3, 0.4) is 0 Å². The Kier molecular flexibility index (Phi) is 6.48. The first-order valence-corrected chi connectivity index (χ1v) is 6.94. The summed E-state index contributed by atoms with van der Waals surface area (Å²) in [6.45, 7) is 4.36. The second-order valence-electron chi connectivity index (χ2n) is 3.84. The molecule has 0 aliphatic carbocycles. The second-order valence-corrected chi connectivity index (χ2v) is 5.75. The molecule has 2 N–H and O–H groups in total. The van der Waals surface area contributed by atoms with Crippen molar-refractivity contribution in [2.45, 2.75) is 26.3 Å². The van der Waals surface area contributed by atoms with Crippen molar-refractivity contribution in [1.82, 2.24) is 5.32 Å². The van der Waals surface area contributed by atoms with Crippen LogP contribution in [0.5, 0.6) is 0 Å². The van der Waals surface area contributed by atoms with Crippen molar-refractivity contribution in [3.63, 3.8) is 0 Å². The van der Waals surface area contributed by atoms with Crippen molar-refractivity contribution in [2.75, 3.05) is 13.2 Å². The zero-order valence-corrected chi connectivity index (χ0v) is 11.4. The van der Waals surface area contributed by atoms with E-state index in [2.05, 4.69) is 39.6 Å². The maximum absolute atomic E-state index is 8.85. The topological polar surface area (TPSA) is 32.3 Å². The molecular weight excluding hydrogens is 274 g/mol. The zero-order valence-electron chi connectivity index (χ0n) is 9.00. The van der Waals surface area contributed by atoms with Gasteiger partial charge in [-0.25, -0.2) is 0 Å². The molecule has 0 bridgehead atoms. The van der Waals surface area contributed by atoms with Crippen molar-refractivity contribution in [2.24, 2.45) is 5.92 Å². The minimum atomic E-state index is 0.303. The van der Waals surface area contributed by atoms with Crippen molar-refractivity contribution < 1.29 is 5.11 Å². The molecule has 86 valence electrons. The maximum Gasteiger partial charge on any atom is 0.0456 e. The fourth-order valence-corrected chi connectivity index (χ4v) is 2.75. The summed E-state index contributed by atoms with van der Waals surface area (Å²) in [4.78, 5) is 1.36. The van der Waals surface area contributed by atoms with Crippen LogP contribution in [-0.4, -0.2) is 18.3 Å². The highest BCUT2D eigenvalue weighted by Gasteiger charge is 2.00. The third kappa shape index (κ3) is 5.66. The number of hydrogen-bond donors (Lipinski definition) is 2. The molecule has 1 heterocycles. The molecule has 2 nitrogen and oxygen atoms in total. The lowest BCUT2D eigenvalue weighted by atomic mass is 10.1. The molecule has 0 saturated carbocycles. The van der Waals surface area contributed by atoms with Gasteiger partial charge in [0.2, 0.25) is 0 Å². The maximum atomic E-state index is 8.85. The van der Waals surface area contributed by atoms with Gasteiger partial charge in [-0.05, 0) is 47.3 Å². The smallest absolute Gasteiger partial charge is 0.0456 e. The number of rotatable bonds is 7.